The number of amides is 1. The Hall–Kier alpha value is -2.18. The van der Waals surface area contributed by atoms with Crippen molar-refractivity contribution in [3.05, 3.63) is 71.8 Å². The zero-order valence-electron chi connectivity index (χ0n) is 14.8. The molecule has 1 amide bonds. The van der Waals surface area contributed by atoms with Crippen molar-refractivity contribution >= 4 is 15.7 Å². The van der Waals surface area contributed by atoms with Crippen LogP contribution in [0.4, 0.5) is 0 Å². The molecule has 1 aliphatic heterocycles. The Kier molecular flexibility index (Phi) is 5.74. The number of sulfone groups is 1. The molecule has 138 valence electrons. The molecule has 3 rings (SSSR count). The molecule has 1 heterocycles. The van der Waals surface area contributed by atoms with E-state index in [0.717, 1.165) is 11.1 Å². The lowest BCUT2D eigenvalue weighted by molar-refractivity contribution is -0.123. The normalized spacial score (nSPS) is 20.0. The maximum atomic E-state index is 12.5. The van der Waals surface area contributed by atoms with Gasteiger partial charge in [-0.2, -0.15) is 0 Å². The van der Waals surface area contributed by atoms with E-state index < -0.39 is 15.9 Å². The fourth-order valence-electron chi connectivity index (χ4n) is 3.24. The van der Waals surface area contributed by atoms with Gasteiger partial charge in [0.1, 0.15) is 0 Å². The molecule has 0 radical (unpaired) electrons. The highest BCUT2D eigenvalue weighted by Crippen LogP contribution is 2.22. The number of hydrogen-bond donors (Lipinski definition) is 2. The number of carbonyl (C=O) groups excluding carboxylic acids is 1. The van der Waals surface area contributed by atoms with E-state index >= 15 is 0 Å². The molecule has 2 aromatic carbocycles. The molecule has 0 spiro atoms. The average Bonchev–Trinajstić information content (AvgIpc) is 2.99. The molecule has 0 aliphatic carbocycles. The fraction of sp³-hybridized carbons (Fsp3) is 0.350. The average molecular weight is 372 g/mol. The van der Waals surface area contributed by atoms with Crippen molar-refractivity contribution in [1.29, 1.82) is 0 Å². The smallest absolute Gasteiger partial charge is 0.237 e. The van der Waals surface area contributed by atoms with Gasteiger partial charge in [0, 0.05) is 6.04 Å². The van der Waals surface area contributed by atoms with E-state index in [0.29, 0.717) is 6.42 Å². The number of rotatable bonds is 6. The maximum absolute atomic E-state index is 12.5. The van der Waals surface area contributed by atoms with Gasteiger partial charge in [-0.25, -0.2) is 8.42 Å². The Labute approximate surface area is 154 Å². The molecule has 6 heteroatoms. The van der Waals surface area contributed by atoms with E-state index in [1.165, 1.54) is 0 Å². The first-order chi connectivity index (χ1) is 12.4. The van der Waals surface area contributed by atoms with Crippen molar-refractivity contribution in [3.63, 3.8) is 0 Å². The second-order valence-corrected chi connectivity index (χ2v) is 8.98. The van der Waals surface area contributed by atoms with Gasteiger partial charge in [-0.3, -0.25) is 10.1 Å². The topological polar surface area (TPSA) is 75.3 Å². The first-order valence-corrected chi connectivity index (χ1v) is 10.6. The molecule has 0 aromatic heterocycles. The van der Waals surface area contributed by atoms with Crippen LogP contribution >= 0.6 is 0 Å². The lowest BCUT2D eigenvalue weighted by atomic mass is 9.98. The SMILES string of the molecule is C[C@@H](NC(c1ccccc1)c1ccccc1)C(=O)N[C@H]1CCS(=O)(=O)C1. The van der Waals surface area contributed by atoms with Gasteiger partial charge in [0.25, 0.3) is 0 Å². The van der Waals surface area contributed by atoms with Crippen LogP contribution in [0.3, 0.4) is 0 Å². The molecule has 1 fully saturated rings. The summed E-state index contributed by atoms with van der Waals surface area (Å²) in [6.45, 7) is 1.80. The number of benzene rings is 2. The lowest BCUT2D eigenvalue weighted by Gasteiger charge is -2.25. The van der Waals surface area contributed by atoms with Crippen molar-refractivity contribution < 1.29 is 13.2 Å². The van der Waals surface area contributed by atoms with Crippen LogP contribution in [-0.4, -0.2) is 37.9 Å². The van der Waals surface area contributed by atoms with Gasteiger partial charge in [-0.1, -0.05) is 60.7 Å². The summed E-state index contributed by atoms with van der Waals surface area (Å²) < 4.78 is 23.1. The van der Waals surface area contributed by atoms with E-state index in [1.807, 2.05) is 60.7 Å². The van der Waals surface area contributed by atoms with Gasteiger partial charge in [0.2, 0.25) is 5.91 Å². The van der Waals surface area contributed by atoms with Gasteiger partial charge in [0.15, 0.2) is 9.84 Å². The van der Waals surface area contributed by atoms with Crippen LogP contribution < -0.4 is 10.6 Å². The van der Waals surface area contributed by atoms with Crippen LogP contribution in [-0.2, 0) is 14.6 Å². The van der Waals surface area contributed by atoms with E-state index in [1.54, 1.807) is 6.92 Å². The minimum atomic E-state index is -3.01. The molecule has 26 heavy (non-hydrogen) atoms. The summed E-state index contributed by atoms with van der Waals surface area (Å²) >= 11 is 0. The molecule has 0 unspecified atom stereocenters. The molecule has 1 aliphatic rings. The summed E-state index contributed by atoms with van der Waals surface area (Å²) in [5.41, 5.74) is 2.14. The van der Waals surface area contributed by atoms with Crippen LogP contribution in [0.5, 0.6) is 0 Å². The zero-order valence-corrected chi connectivity index (χ0v) is 15.6. The minimum absolute atomic E-state index is 0.0340. The first kappa shape index (κ1) is 18.6. The minimum Gasteiger partial charge on any atom is -0.351 e. The fourth-order valence-corrected chi connectivity index (χ4v) is 4.91. The largest absolute Gasteiger partial charge is 0.351 e. The maximum Gasteiger partial charge on any atom is 0.237 e. The van der Waals surface area contributed by atoms with Crippen LogP contribution in [0.1, 0.15) is 30.5 Å². The van der Waals surface area contributed by atoms with Crippen molar-refractivity contribution in [2.24, 2.45) is 0 Å². The second-order valence-electron chi connectivity index (χ2n) is 6.75. The van der Waals surface area contributed by atoms with Crippen LogP contribution in [0.2, 0.25) is 0 Å². The predicted molar refractivity (Wildman–Crippen MR) is 103 cm³/mol. The van der Waals surface area contributed by atoms with Crippen molar-refractivity contribution in [2.45, 2.75) is 31.5 Å². The highest BCUT2D eigenvalue weighted by Gasteiger charge is 2.30. The summed E-state index contributed by atoms with van der Waals surface area (Å²) in [5.74, 6) is 0.00632. The molecular weight excluding hydrogens is 348 g/mol. The summed E-state index contributed by atoms with van der Waals surface area (Å²) in [4.78, 5) is 12.5. The van der Waals surface area contributed by atoms with Crippen molar-refractivity contribution in [1.82, 2.24) is 10.6 Å². The van der Waals surface area contributed by atoms with Crippen LogP contribution in [0, 0.1) is 0 Å². The molecule has 0 saturated carbocycles. The first-order valence-electron chi connectivity index (χ1n) is 8.81. The predicted octanol–water partition coefficient (Wildman–Crippen LogP) is 2.06. The van der Waals surface area contributed by atoms with E-state index in [9.17, 15) is 13.2 Å². The van der Waals surface area contributed by atoms with Gasteiger partial charge in [0.05, 0.1) is 23.6 Å². The van der Waals surface area contributed by atoms with Crippen LogP contribution in [0.15, 0.2) is 60.7 Å². The summed E-state index contributed by atoms with van der Waals surface area (Å²) in [6, 6.07) is 19.1. The number of nitrogens with one attached hydrogen (secondary N) is 2. The Morgan fingerprint density at radius 3 is 2.00 bits per heavy atom. The lowest BCUT2D eigenvalue weighted by Crippen LogP contribution is -2.47. The Bertz CT molecular complexity index is 798. The van der Waals surface area contributed by atoms with Gasteiger partial charge < -0.3 is 5.32 Å². The second kappa shape index (κ2) is 8.01. The number of carbonyl (C=O) groups is 1. The Balaban J connectivity index is 1.71. The van der Waals surface area contributed by atoms with Crippen molar-refractivity contribution in [3.8, 4) is 0 Å². The third-order valence-electron chi connectivity index (χ3n) is 4.65. The zero-order chi connectivity index (χ0) is 18.6. The van der Waals surface area contributed by atoms with E-state index in [2.05, 4.69) is 10.6 Å². The van der Waals surface area contributed by atoms with Gasteiger partial charge in [-0.15, -0.1) is 0 Å². The summed E-state index contributed by atoms with van der Waals surface area (Å²) in [6.07, 6.45) is 0.488. The molecule has 0 bridgehead atoms. The third kappa shape index (κ3) is 4.71. The molecule has 1 saturated heterocycles. The molecule has 2 atom stereocenters. The summed E-state index contributed by atoms with van der Waals surface area (Å²) in [5, 5.41) is 6.24. The molecule has 2 N–H and O–H groups in total. The van der Waals surface area contributed by atoms with E-state index in [-0.39, 0.29) is 29.5 Å². The van der Waals surface area contributed by atoms with Crippen LogP contribution in [0.25, 0.3) is 0 Å². The highest BCUT2D eigenvalue weighted by molar-refractivity contribution is 7.91. The monoisotopic (exact) mass is 372 g/mol. The van der Waals surface area contributed by atoms with Gasteiger partial charge in [-0.05, 0) is 24.5 Å². The molecule has 2 aromatic rings. The third-order valence-corrected chi connectivity index (χ3v) is 6.42. The van der Waals surface area contributed by atoms with E-state index in [4.69, 9.17) is 0 Å². The highest BCUT2D eigenvalue weighted by atomic mass is 32.2. The molecule has 5 nitrogen and oxygen atoms in total. The summed E-state index contributed by atoms with van der Waals surface area (Å²) in [7, 11) is -3.01. The number of hydrogen-bond acceptors (Lipinski definition) is 4. The molecular formula is C20H24N2O3S. The van der Waals surface area contributed by atoms with Gasteiger partial charge >= 0.3 is 0 Å². The Morgan fingerprint density at radius 1 is 1.00 bits per heavy atom. The van der Waals surface area contributed by atoms with Crippen molar-refractivity contribution in [2.75, 3.05) is 11.5 Å². The quantitative estimate of drug-likeness (QED) is 0.814. The standard InChI is InChI=1S/C20H24N2O3S/c1-15(20(23)22-18-12-13-26(24,25)14-18)21-19(16-8-4-2-5-9-16)17-10-6-3-7-11-17/h2-11,15,18-19,21H,12-14H2,1H3,(H,22,23)/t15-,18+/m1/s1. The Morgan fingerprint density at radius 2 is 1.54 bits per heavy atom.